The fourth-order valence-corrected chi connectivity index (χ4v) is 9.46. The highest BCUT2D eigenvalue weighted by Gasteiger charge is 2.85. The number of carbonyl (C=O) groups excluding carboxylic acids is 1. The molecule has 0 unspecified atom stereocenters. The fraction of sp³-hybridized carbons (Fsp3) is 0.545. The van der Waals surface area contributed by atoms with Crippen LogP contribution >= 0.6 is 11.6 Å². The summed E-state index contributed by atoms with van der Waals surface area (Å²) in [7, 11) is -4.33. The molecule has 1 atom stereocenters. The molecule has 4 fully saturated rings. The molecule has 256 valence electrons. The van der Waals surface area contributed by atoms with E-state index in [9.17, 15) is 23.1 Å². The third kappa shape index (κ3) is 6.08. The molecule has 2 spiro atoms. The van der Waals surface area contributed by atoms with Crippen molar-refractivity contribution in [1.82, 2.24) is 29.4 Å². The lowest BCUT2D eigenvalue weighted by molar-refractivity contribution is 0.0980. The van der Waals surface area contributed by atoms with Crippen LogP contribution < -0.4 is 14.8 Å². The quantitative estimate of drug-likeness (QED) is 0.156. The lowest BCUT2D eigenvalue weighted by atomic mass is 9.93. The van der Waals surface area contributed by atoms with Gasteiger partial charge in [0.15, 0.2) is 10.8 Å². The molecule has 3 aliphatic carbocycles. The number of sulfonamides is 1. The topological polar surface area (TPSA) is 169 Å². The van der Waals surface area contributed by atoms with E-state index in [0.29, 0.717) is 48.0 Å². The average molecular weight is 698 g/mol. The van der Waals surface area contributed by atoms with Gasteiger partial charge in [0.05, 0.1) is 12.2 Å². The van der Waals surface area contributed by atoms with Gasteiger partial charge in [-0.15, -0.1) is 5.10 Å². The van der Waals surface area contributed by atoms with Gasteiger partial charge in [-0.2, -0.15) is 8.42 Å². The molecule has 3 N–H and O–H groups in total. The van der Waals surface area contributed by atoms with Gasteiger partial charge in [-0.25, -0.2) is 24.2 Å². The van der Waals surface area contributed by atoms with Crippen LogP contribution in [-0.4, -0.2) is 75.4 Å². The molecule has 4 heterocycles. The van der Waals surface area contributed by atoms with Crippen molar-refractivity contribution in [3.63, 3.8) is 0 Å². The highest BCUT2D eigenvalue weighted by Crippen LogP contribution is 2.93. The highest BCUT2D eigenvalue weighted by molar-refractivity contribution is 7.90. The molecule has 0 radical (unpaired) electrons. The van der Waals surface area contributed by atoms with E-state index in [1.165, 1.54) is 59.5 Å². The third-order valence-electron chi connectivity index (χ3n) is 10.9. The zero-order chi connectivity index (χ0) is 33.9. The Bertz CT molecular complexity index is 1840. The number of nitrogens with zero attached hydrogens (tertiary/aromatic N) is 5. The number of halogens is 1. The van der Waals surface area contributed by atoms with E-state index in [1.807, 2.05) is 18.6 Å². The maximum absolute atomic E-state index is 13.1. The number of pyridine rings is 2. The number of likely N-dealkylation sites (tertiary alicyclic amines) is 1. The number of carbonyl (C=O) groups is 2. The Balaban J connectivity index is 0.900. The Morgan fingerprint density at radius 3 is 2.48 bits per heavy atom. The zero-order valence-corrected chi connectivity index (χ0v) is 28.6. The Hall–Kier alpha value is -3.91. The monoisotopic (exact) mass is 697 g/mol. The molecule has 48 heavy (non-hydrogen) atoms. The number of anilines is 1. The standard InChI is InChI=1S/C33H40ClN7O6S/c1-31(2)19-21(20-40(31)30(43)44)5-4-16-35-24-6-3-7-27(36-24)48(45,46)39-29(42)22-8-9-25(37-28(22)34)41-17-10-26(38-41)47-18-11-23-32(12-13-32)33(23)14-15-33/h3,6-10,17,21,23H,4-5,11-16,18-20H2,1-2H3,(H,35,36)(H,39,42)(H,43,44)/t21-/m0/s1. The number of fused-ring (bicyclic) bond motifs is 1. The predicted octanol–water partition coefficient (Wildman–Crippen LogP) is 5.36. The summed E-state index contributed by atoms with van der Waals surface area (Å²) in [4.78, 5) is 34.4. The van der Waals surface area contributed by atoms with Gasteiger partial charge in [-0.3, -0.25) is 4.79 Å². The van der Waals surface area contributed by atoms with Gasteiger partial charge in [0, 0.05) is 30.9 Å². The second kappa shape index (κ2) is 11.9. The normalized spacial score (nSPS) is 21.3. The van der Waals surface area contributed by atoms with Crippen LogP contribution in [0.3, 0.4) is 0 Å². The third-order valence-corrected chi connectivity index (χ3v) is 12.4. The van der Waals surface area contributed by atoms with E-state index in [2.05, 4.69) is 20.4 Å². The fourth-order valence-electron chi connectivity index (χ4n) is 8.29. The summed E-state index contributed by atoms with van der Waals surface area (Å²) < 4.78 is 35.6. The highest BCUT2D eigenvalue weighted by atomic mass is 35.5. The van der Waals surface area contributed by atoms with E-state index < -0.39 is 27.6 Å². The summed E-state index contributed by atoms with van der Waals surface area (Å²) in [6.45, 7) is 5.50. The van der Waals surface area contributed by atoms with Crippen LogP contribution in [0.1, 0.15) is 75.6 Å². The number of aromatic nitrogens is 4. The molecular weight excluding hydrogens is 658 g/mol. The molecule has 0 aromatic carbocycles. The van der Waals surface area contributed by atoms with Crippen LogP contribution in [0.25, 0.3) is 5.82 Å². The molecule has 3 saturated carbocycles. The summed E-state index contributed by atoms with van der Waals surface area (Å²) in [5, 5.41) is 16.5. The van der Waals surface area contributed by atoms with Crippen LogP contribution in [0.5, 0.6) is 5.88 Å². The van der Waals surface area contributed by atoms with Crippen LogP contribution in [-0.2, 0) is 10.0 Å². The second-order valence-corrected chi connectivity index (χ2v) is 16.2. The molecule has 1 aliphatic heterocycles. The first-order valence-electron chi connectivity index (χ1n) is 16.5. The Labute approximate surface area is 284 Å². The van der Waals surface area contributed by atoms with E-state index in [0.717, 1.165) is 31.6 Å². The van der Waals surface area contributed by atoms with Gasteiger partial charge >= 0.3 is 6.09 Å². The van der Waals surface area contributed by atoms with Crippen molar-refractivity contribution in [2.75, 3.05) is 25.0 Å². The van der Waals surface area contributed by atoms with E-state index in [1.54, 1.807) is 18.3 Å². The van der Waals surface area contributed by atoms with Crippen molar-refractivity contribution in [3.05, 3.63) is 53.3 Å². The minimum atomic E-state index is -4.33. The number of rotatable bonds is 13. The molecular formula is C33H40ClN7O6S. The first-order chi connectivity index (χ1) is 22.8. The van der Waals surface area contributed by atoms with Crippen LogP contribution in [0.2, 0.25) is 5.15 Å². The van der Waals surface area contributed by atoms with E-state index in [-0.39, 0.29) is 21.7 Å². The molecule has 15 heteroatoms. The zero-order valence-electron chi connectivity index (χ0n) is 27.0. The maximum atomic E-state index is 13.1. The van der Waals surface area contributed by atoms with Gasteiger partial charge in [0.25, 0.3) is 15.9 Å². The minimum Gasteiger partial charge on any atom is -0.477 e. The van der Waals surface area contributed by atoms with E-state index >= 15 is 0 Å². The van der Waals surface area contributed by atoms with Crippen molar-refractivity contribution < 1.29 is 27.9 Å². The second-order valence-electron chi connectivity index (χ2n) is 14.2. The number of nitrogens with one attached hydrogen (secondary N) is 2. The minimum absolute atomic E-state index is 0.120. The Kier molecular flexibility index (Phi) is 8.09. The largest absolute Gasteiger partial charge is 0.477 e. The van der Waals surface area contributed by atoms with Crippen molar-refractivity contribution in [1.29, 1.82) is 0 Å². The predicted molar refractivity (Wildman–Crippen MR) is 177 cm³/mol. The Morgan fingerprint density at radius 1 is 1.06 bits per heavy atom. The molecule has 0 bridgehead atoms. The first-order valence-corrected chi connectivity index (χ1v) is 18.3. The van der Waals surface area contributed by atoms with Gasteiger partial charge in [-0.1, -0.05) is 17.7 Å². The molecule has 3 aromatic rings. The summed E-state index contributed by atoms with van der Waals surface area (Å²) in [6.07, 6.45) is 9.69. The van der Waals surface area contributed by atoms with Crippen LogP contribution in [0.4, 0.5) is 10.6 Å². The van der Waals surface area contributed by atoms with Gasteiger partial charge in [0.2, 0.25) is 5.88 Å². The molecule has 13 nitrogen and oxygen atoms in total. The number of hydrogen-bond donors (Lipinski definition) is 3. The lowest BCUT2D eigenvalue weighted by Gasteiger charge is -2.28. The number of ether oxygens (including phenoxy) is 1. The van der Waals surface area contributed by atoms with Gasteiger partial charge in [-0.05, 0) is 112 Å². The number of carboxylic acid groups (broad SMARTS) is 1. The maximum Gasteiger partial charge on any atom is 0.407 e. The van der Waals surface area contributed by atoms with E-state index in [4.69, 9.17) is 16.3 Å². The van der Waals surface area contributed by atoms with Gasteiger partial charge < -0.3 is 20.1 Å². The van der Waals surface area contributed by atoms with Crippen LogP contribution in [0.15, 0.2) is 47.6 Å². The van der Waals surface area contributed by atoms with Gasteiger partial charge in [0.1, 0.15) is 11.0 Å². The SMILES string of the molecule is CC1(C)C[C@H](CCCNc2cccc(S(=O)(=O)NC(=O)c3ccc(-n4ccc(OCCC5C6(CC6)C56CC6)n4)nc3Cl)n2)CN1C(=O)O. The average Bonchev–Trinajstić information content (AvgIpc) is 3.98. The van der Waals surface area contributed by atoms with Crippen molar-refractivity contribution >= 4 is 39.4 Å². The summed E-state index contributed by atoms with van der Waals surface area (Å²) in [6, 6.07) is 9.12. The summed E-state index contributed by atoms with van der Waals surface area (Å²) >= 11 is 6.33. The summed E-state index contributed by atoms with van der Waals surface area (Å²) in [5.74, 6) is 1.27. The number of hydrogen-bond acceptors (Lipinski definition) is 9. The molecule has 7 rings (SSSR count). The number of amides is 2. The Morgan fingerprint density at radius 2 is 1.81 bits per heavy atom. The van der Waals surface area contributed by atoms with Crippen LogP contribution in [0, 0.1) is 22.7 Å². The molecule has 1 saturated heterocycles. The molecule has 2 amide bonds. The summed E-state index contributed by atoms with van der Waals surface area (Å²) in [5.41, 5.74) is 0.774. The van der Waals surface area contributed by atoms with Crippen molar-refractivity contribution in [3.8, 4) is 11.7 Å². The first kappa shape index (κ1) is 32.6. The van der Waals surface area contributed by atoms with Crippen molar-refractivity contribution in [2.24, 2.45) is 22.7 Å². The molecule has 4 aliphatic rings. The molecule has 3 aromatic heterocycles. The smallest absolute Gasteiger partial charge is 0.407 e. The van der Waals surface area contributed by atoms with Crippen molar-refractivity contribution in [2.45, 2.75) is 75.8 Å². The lowest BCUT2D eigenvalue weighted by Crippen LogP contribution is -2.41.